The Morgan fingerprint density at radius 3 is 1.66 bits per heavy atom. The maximum Gasteiger partial charge on any atom is 0.303 e. The SMILES string of the molecule is CC(=O)OCC(O)[C@@H](OC(C)=O)C(O)O[C@@H]1OC(COC(C)=O)[C@@H](OC(C)=O)C(OC(C)=O)C1OC(C)=O. The Balaban J connectivity index is 3.41. The molecule has 216 valence electrons. The van der Waals surface area contributed by atoms with Gasteiger partial charge in [0.25, 0.3) is 0 Å². The van der Waals surface area contributed by atoms with E-state index >= 15 is 0 Å². The summed E-state index contributed by atoms with van der Waals surface area (Å²) < 4.78 is 41.2. The number of esters is 6. The molecule has 5 unspecified atom stereocenters. The van der Waals surface area contributed by atoms with Crippen LogP contribution >= 0.6 is 0 Å². The molecular formula is C22H32O16. The van der Waals surface area contributed by atoms with Crippen LogP contribution in [0.25, 0.3) is 0 Å². The summed E-state index contributed by atoms with van der Waals surface area (Å²) in [5, 5.41) is 21.0. The van der Waals surface area contributed by atoms with Crippen molar-refractivity contribution < 1.29 is 76.9 Å². The second-order valence-corrected chi connectivity index (χ2v) is 8.04. The van der Waals surface area contributed by atoms with E-state index in [9.17, 15) is 39.0 Å². The van der Waals surface area contributed by atoms with Crippen molar-refractivity contribution in [1.82, 2.24) is 0 Å². The Hall–Kier alpha value is -3.34. The monoisotopic (exact) mass is 552 g/mol. The van der Waals surface area contributed by atoms with E-state index in [1.807, 2.05) is 0 Å². The molecule has 1 aliphatic heterocycles. The van der Waals surface area contributed by atoms with Crippen molar-refractivity contribution in [3.8, 4) is 0 Å². The number of hydrogen-bond donors (Lipinski definition) is 2. The van der Waals surface area contributed by atoms with Crippen LogP contribution in [0.4, 0.5) is 0 Å². The molecule has 1 rings (SSSR count). The molecule has 0 amide bonds. The smallest absolute Gasteiger partial charge is 0.303 e. The zero-order valence-corrected chi connectivity index (χ0v) is 21.6. The average molecular weight is 552 g/mol. The summed E-state index contributed by atoms with van der Waals surface area (Å²) in [6.45, 7) is 4.89. The lowest BCUT2D eigenvalue weighted by Crippen LogP contribution is -2.64. The minimum Gasteiger partial charge on any atom is -0.463 e. The van der Waals surface area contributed by atoms with E-state index in [4.69, 9.17) is 33.2 Å². The van der Waals surface area contributed by atoms with Gasteiger partial charge in [0.05, 0.1) is 0 Å². The lowest BCUT2D eigenvalue weighted by molar-refractivity contribution is -0.347. The molecule has 1 heterocycles. The van der Waals surface area contributed by atoms with E-state index in [0.717, 1.165) is 41.5 Å². The number of aliphatic hydroxyl groups is 2. The highest BCUT2D eigenvalue weighted by Gasteiger charge is 2.54. The molecule has 1 saturated heterocycles. The third kappa shape index (κ3) is 11.0. The van der Waals surface area contributed by atoms with Gasteiger partial charge in [0.15, 0.2) is 30.7 Å². The first kappa shape index (κ1) is 32.7. The Morgan fingerprint density at radius 1 is 0.684 bits per heavy atom. The van der Waals surface area contributed by atoms with Crippen LogP contribution in [-0.4, -0.2) is 108 Å². The van der Waals surface area contributed by atoms with E-state index in [1.54, 1.807) is 0 Å². The van der Waals surface area contributed by atoms with E-state index in [2.05, 4.69) is 4.74 Å². The molecule has 2 N–H and O–H groups in total. The minimum atomic E-state index is -2.20. The third-order valence-corrected chi connectivity index (χ3v) is 4.64. The highest BCUT2D eigenvalue weighted by molar-refractivity contribution is 5.69. The van der Waals surface area contributed by atoms with Gasteiger partial charge in [-0.15, -0.1) is 0 Å². The maximum atomic E-state index is 11.9. The van der Waals surface area contributed by atoms with Gasteiger partial charge in [0.1, 0.15) is 25.4 Å². The summed E-state index contributed by atoms with van der Waals surface area (Å²) in [4.78, 5) is 69.6. The molecule has 0 spiro atoms. The summed E-state index contributed by atoms with van der Waals surface area (Å²) in [5.74, 6) is -5.16. The van der Waals surface area contributed by atoms with E-state index in [-0.39, 0.29) is 0 Å². The van der Waals surface area contributed by atoms with Gasteiger partial charge in [0, 0.05) is 41.5 Å². The Morgan fingerprint density at radius 2 is 1.18 bits per heavy atom. The highest BCUT2D eigenvalue weighted by Crippen LogP contribution is 2.31. The molecule has 0 saturated carbocycles. The largest absolute Gasteiger partial charge is 0.463 e. The number of carbonyl (C=O) groups is 6. The molecular weight excluding hydrogens is 520 g/mol. The Bertz CT molecular complexity index is 871. The Labute approximate surface area is 217 Å². The molecule has 16 nitrogen and oxygen atoms in total. The van der Waals surface area contributed by atoms with Gasteiger partial charge in [-0.1, -0.05) is 0 Å². The van der Waals surface area contributed by atoms with Gasteiger partial charge in [-0.25, -0.2) is 0 Å². The Kier molecular flexibility index (Phi) is 13.0. The molecule has 8 atom stereocenters. The molecule has 0 aromatic heterocycles. The van der Waals surface area contributed by atoms with Crippen molar-refractivity contribution in [3.63, 3.8) is 0 Å². The first-order chi connectivity index (χ1) is 17.6. The van der Waals surface area contributed by atoms with E-state index < -0.39 is 98.2 Å². The van der Waals surface area contributed by atoms with Crippen molar-refractivity contribution in [2.24, 2.45) is 0 Å². The van der Waals surface area contributed by atoms with Gasteiger partial charge in [0.2, 0.25) is 6.29 Å². The topological polar surface area (TPSA) is 217 Å². The van der Waals surface area contributed by atoms with Crippen LogP contribution in [0, 0.1) is 0 Å². The second kappa shape index (κ2) is 15.2. The quantitative estimate of drug-likeness (QED) is 0.156. The predicted molar refractivity (Wildman–Crippen MR) is 117 cm³/mol. The number of rotatable bonds is 12. The second-order valence-electron chi connectivity index (χ2n) is 8.04. The van der Waals surface area contributed by atoms with Gasteiger partial charge < -0.3 is 48.1 Å². The molecule has 38 heavy (non-hydrogen) atoms. The molecule has 1 aliphatic rings. The molecule has 16 heteroatoms. The van der Waals surface area contributed by atoms with Crippen molar-refractivity contribution >= 4 is 35.8 Å². The van der Waals surface area contributed by atoms with Gasteiger partial charge in [-0.3, -0.25) is 28.8 Å². The zero-order chi connectivity index (χ0) is 29.2. The fraction of sp³-hybridized carbons (Fsp3) is 0.727. The van der Waals surface area contributed by atoms with Crippen LogP contribution in [0.3, 0.4) is 0 Å². The molecule has 0 bridgehead atoms. The normalized spacial score (nSPS) is 25.1. The first-order valence-electron chi connectivity index (χ1n) is 11.2. The molecule has 1 fully saturated rings. The first-order valence-corrected chi connectivity index (χ1v) is 11.2. The fourth-order valence-corrected chi connectivity index (χ4v) is 3.33. The van der Waals surface area contributed by atoms with Crippen LogP contribution in [0.15, 0.2) is 0 Å². The van der Waals surface area contributed by atoms with Crippen molar-refractivity contribution in [2.75, 3.05) is 13.2 Å². The van der Waals surface area contributed by atoms with E-state index in [1.165, 1.54) is 0 Å². The van der Waals surface area contributed by atoms with Gasteiger partial charge in [-0.2, -0.15) is 0 Å². The summed E-state index contributed by atoms with van der Waals surface area (Å²) in [7, 11) is 0. The predicted octanol–water partition coefficient (Wildman–Crippen LogP) is -1.74. The molecule has 0 aromatic rings. The van der Waals surface area contributed by atoms with E-state index in [0.29, 0.717) is 0 Å². The van der Waals surface area contributed by atoms with Crippen LogP contribution in [0.5, 0.6) is 0 Å². The van der Waals surface area contributed by atoms with Crippen molar-refractivity contribution in [1.29, 1.82) is 0 Å². The minimum absolute atomic E-state index is 0.559. The lowest BCUT2D eigenvalue weighted by atomic mass is 9.98. The summed E-state index contributed by atoms with van der Waals surface area (Å²) >= 11 is 0. The standard InChI is InChI=1S/C22H32O16/c1-9(23)31-7-15(29)17(33-11(3)25)21(30)38-22-20(36-14(6)28)19(35-13(5)27)18(34-12(4)26)16(37-22)8-32-10(2)24/h15-22,29-30H,7-8H2,1-6H3/t15?,16?,17-,18-,19?,20?,21?,22+/m1/s1. The van der Waals surface area contributed by atoms with Crippen molar-refractivity contribution in [3.05, 3.63) is 0 Å². The average Bonchev–Trinajstić information content (AvgIpc) is 2.77. The summed E-state index contributed by atoms with van der Waals surface area (Å²) in [5.41, 5.74) is 0. The molecule has 0 aromatic carbocycles. The third-order valence-electron chi connectivity index (χ3n) is 4.64. The number of hydrogen-bond acceptors (Lipinski definition) is 16. The molecule has 0 aliphatic carbocycles. The van der Waals surface area contributed by atoms with Crippen LogP contribution < -0.4 is 0 Å². The van der Waals surface area contributed by atoms with Gasteiger partial charge in [-0.05, 0) is 0 Å². The van der Waals surface area contributed by atoms with Crippen LogP contribution in [0.1, 0.15) is 41.5 Å². The number of aliphatic hydroxyl groups excluding tert-OH is 2. The number of carbonyl (C=O) groups excluding carboxylic acids is 6. The molecule has 0 radical (unpaired) electrons. The van der Waals surface area contributed by atoms with Gasteiger partial charge >= 0.3 is 35.8 Å². The fourth-order valence-electron chi connectivity index (χ4n) is 3.33. The maximum absolute atomic E-state index is 11.9. The summed E-state index contributed by atoms with van der Waals surface area (Å²) in [6, 6.07) is 0. The van der Waals surface area contributed by atoms with Crippen molar-refractivity contribution in [2.45, 2.75) is 90.7 Å². The number of ether oxygens (including phenoxy) is 8. The van der Waals surface area contributed by atoms with Crippen LogP contribution in [-0.2, 0) is 66.7 Å². The summed E-state index contributed by atoms with van der Waals surface area (Å²) in [6.07, 6.45) is -13.8. The lowest BCUT2D eigenvalue weighted by Gasteiger charge is -2.44. The zero-order valence-electron chi connectivity index (χ0n) is 21.6. The van der Waals surface area contributed by atoms with Crippen LogP contribution in [0.2, 0.25) is 0 Å². The highest BCUT2D eigenvalue weighted by atomic mass is 16.8.